The molecular weight excluding hydrogens is 363 g/mol. The van der Waals surface area contributed by atoms with Crippen LogP contribution in [0.2, 0.25) is 0 Å². The van der Waals surface area contributed by atoms with E-state index in [4.69, 9.17) is 8.94 Å². The van der Waals surface area contributed by atoms with Gasteiger partial charge >= 0.3 is 6.18 Å². The van der Waals surface area contributed by atoms with Crippen molar-refractivity contribution in [1.29, 1.82) is 0 Å². The van der Waals surface area contributed by atoms with Gasteiger partial charge in [0, 0.05) is 25.4 Å². The number of halogens is 3. The molecule has 3 heterocycles. The molecule has 1 unspecified atom stereocenters. The van der Waals surface area contributed by atoms with Gasteiger partial charge in [-0.05, 0) is 23.8 Å². The molecule has 4 rings (SSSR count). The van der Waals surface area contributed by atoms with E-state index in [0.29, 0.717) is 11.6 Å². The fourth-order valence-electron chi connectivity index (χ4n) is 3.14. The first kappa shape index (κ1) is 17.3. The minimum atomic E-state index is -4.47. The molecule has 0 radical (unpaired) electrons. The van der Waals surface area contributed by atoms with Crippen molar-refractivity contribution in [3.8, 4) is 11.7 Å². The normalized spacial score (nSPS) is 17.7. The zero-order valence-electron chi connectivity index (χ0n) is 13.9. The Bertz CT molecular complexity index is 950. The maximum atomic E-state index is 13.2. The van der Waals surface area contributed by atoms with Gasteiger partial charge in [-0.2, -0.15) is 18.2 Å². The summed E-state index contributed by atoms with van der Waals surface area (Å²) in [6, 6.07) is 8.60. The molecule has 2 aromatic heterocycles. The van der Waals surface area contributed by atoms with Crippen LogP contribution in [-0.2, 0) is 17.5 Å². The lowest BCUT2D eigenvalue weighted by molar-refractivity contribution is -0.139. The fraction of sp³-hybridized carbons (Fsp3) is 0.278. The van der Waals surface area contributed by atoms with Crippen LogP contribution >= 0.6 is 0 Å². The molecule has 0 bridgehead atoms. The van der Waals surface area contributed by atoms with Gasteiger partial charge < -0.3 is 13.8 Å². The maximum absolute atomic E-state index is 13.2. The van der Waals surface area contributed by atoms with Gasteiger partial charge in [-0.25, -0.2) is 0 Å². The molecule has 6 nitrogen and oxygen atoms in total. The SMILES string of the molecule is O=C1CC(c2noc(-c3ccco3)n2)CN1Cc1ccccc1C(F)(F)F. The molecule has 9 heteroatoms. The Labute approximate surface area is 151 Å². The summed E-state index contributed by atoms with van der Waals surface area (Å²) in [5, 5.41) is 3.88. The predicted molar refractivity (Wildman–Crippen MR) is 86.2 cm³/mol. The second-order valence-corrected chi connectivity index (χ2v) is 6.27. The number of carbonyl (C=O) groups excluding carboxylic acids is 1. The Balaban J connectivity index is 1.51. The number of alkyl halides is 3. The minimum Gasteiger partial charge on any atom is -0.459 e. The molecule has 1 aromatic carbocycles. The molecule has 27 heavy (non-hydrogen) atoms. The summed E-state index contributed by atoms with van der Waals surface area (Å²) in [4.78, 5) is 17.9. The van der Waals surface area contributed by atoms with Gasteiger partial charge in [0.15, 0.2) is 11.6 Å². The van der Waals surface area contributed by atoms with E-state index in [1.54, 1.807) is 12.1 Å². The summed E-state index contributed by atoms with van der Waals surface area (Å²) < 4.78 is 49.8. The van der Waals surface area contributed by atoms with Gasteiger partial charge in [0.05, 0.1) is 11.8 Å². The highest BCUT2D eigenvalue weighted by Gasteiger charge is 2.37. The van der Waals surface area contributed by atoms with Crippen molar-refractivity contribution >= 4 is 5.91 Å². The van der Waals surface area contributed by atoms with Gasteiger partial charge in [0.2, 0.25) is 5.91 Å². The summed E-state index contributed by atoms with van der Waals surface area (Å²) in [6.07, 6.45) is -2.88. The summed E-state index contributed by atoms with van der Waals surface area (Å²) in [7, 11) is 0. The van der Waals surface area contributed by atoms with Crippen LogP contribution in [0.1, 0.15) is 29.3 Å². The zero-order chi connectivity index (χ0) is 19.0. The summed E-state index contributed by atoms with van der Waals surface area (Å²) in [5.41, 5.74) is -0.677. The monoisotopic (exact) mass is 377 g/mol. The number of benzene rings is 1. The van der Waals surface area contributed by atoms with Crippen LogP contribution in [-0.4, -0.2) is 27.5 Å². The van der Waals surface area contributed by atoms with E-state index in [1.807, 2.05) is 0 Å². The van der Waals surface area contributed by atoms with Crippen molar-refractivity contribution in [2.24, 2.45) is 0 Å². The Hall–Kier alpha value is -3.10. The van der Waals surface area contributed by atoms with E-state index in [-0.39, 0.29) is 42.8 Å². The van der Waals surface area contributed by atoms with Gasteiger partial charge in [-0.3, -0.25) is 4.79 Å². The van der Waals surface area contributed by atoms with Crippen molar-refractivity contribution in [1.82, 2.24) is 15.0 Å². The molecule has 1 aliphatic heterocycles. The molecule has 0 spiro atoms. The summed E-state index contributed by atoms with van der Waals surface area (Å²) >= 11 is 0. The van der Waals surface area contributed by atoms with Crippen LogP contribution in [0, 0.1) is 0 Å². The van der Waals surface area contributed by atoms with Crippen LogP contribution in [0.25, 0.3) is 11.7 Å². The minimum absolute atomic E-state index is 0.0587. The van der Waals surface area contributed by atoms with Crippen LogP contribution in [0.15, 0.2) is 51.6 Å². The molecule has 3 aromatic rings. The van der Waals surface area contributed by atoms with Crippen LogP contribution in [0.3, 0.4) is 0 Å². The smallest absolute Gasteiger partial charge is 0.416 e. The number of rotatable bonds is 4. The van der Waals surface area contributed by atoms with Gasteiger partial charge in [0.25, 0.3) is 5.89 Å². The first-order chi connectivity index (χ1) is 12.9. The van der Waals surface area contributed by atoms with Crippen molar-refractivity contribution in [2.45, 2.75) is 25.1 Å². The number of likely N-dealkylation sites (tertiary alicyclic amines) is 1. The van der Waals surface area contributed by atoms with Crippen molar-refractivity contribution in [2.75, 3.05) is 6.54 Å². The second-order valence-electron chi connectivity index (χ2n) is 6.27. The van der Waals surface area contributed by atoms with Crippen molar-refractivity contribution in [3.63, 3.8) is 0 Å². The average Bonchev–Trinajstić information content (AvgIpc) is 3.35. The second kappa shape index (κ2) is 6.57. The highest BCUT2D eigenvalue weighted by atomic mass is 19.4. The van der Waals surface area contributed by atoms with E-state index in [0.717, 1.165) is 6.07 Å². The average molecular weight is 377 g/mol. The number of hydrogen-bond acceptors (Lipinski definition) is 5. The third-order valence-corrected chi connectivity index (χ3v) is 4.44. The number of aromatic nitrogens is 2. The lowest BCUT2D eigenvalue weighted by atomic mass is 10.1. The molecule has 0 saturated carbocycles. The largest absolute Gasteiger partial charge is 0.459 e. The predicted octanol–water partition coefficient (Wildman–Crippen LogP) is 3.86. The molecule has 0 N–H and O–H groups in total. The number of hydrogen-bond donors (Lipinski definition) is 0. The molecule has 1 fully saturated rings. The Morgan fingerprint density at radius 3 is 2.74 bits per heavy atom. The standard InChI is InChI=1S/C18H14F3N3O3/c19-18(20,21)13-5-2-1-4-11(13)9-24-10-12(8-15(24)25)16-22-17(27-23-16)14-6-3-7-26-14/h1-7,12H,8-10H2. The van der Waals surface area contributed by atoms with Crippen molar-refractivity contribution in [3.05, 3.63) is 59.6 Å². The Kier molecular flexibility index (Phi) is 4.21. The summed E-state index contributed by atoms with van der Waals surface area (Å²) in [5.74, 6) is 0.350. The highest BCUT2D eigenvalue weighted by Crippen LogP contribution is 2.34. The number of amides is 1. The highest BCUT2D eigenvalue weighted by molar-refractivity contribution is 5.79. The van der Waals surface area contributed by atoms with Crippen LogP contribution in [0.4, 0.5) is 13.2 Å². The number of furan rings is 1. The van der Waals surface area contributed by atoms with E-state index in [1.165, 1.54) is 29.4 Å². The zero-order valence-corrected chi connectivity index (χ0v) is 13.9. The summed E-state index contributed by atoms with van der Waals surface area (Å²) in [6.45, 7) is 0.107. The van der Waals surface area contributed by atoms with E-state index < -0.39 is 11.7 Å². The lowest BCUT2D eigenvalue weighted by Crippen LogP contribution is -2.26. The molecule has 1 saturated heterocycles. The Morgan fingerprint density at radius 1 is 1.19 bits per heavy atom. The third kappa shape index (κ3) is 3.44. The van der Waals surface area contributed by atoms with Gasteiger partial charge in [0.1, 0.15) is 0 Å². The van der Waals surface area contributed by atoms with Gasteiger partial charge in [-0.1, -0.05) is 23.4 Å². The molecule has 1 aliphatic rings. The molecule has 1 atom stereocenters. The maximum Gasteiger partial charge on any atom is 0.416 e. The van der Waals surface area contributed by atoms with E-state index >= 15 is 0 Å². The van der Waals surface area contributed by atoms with Crippen molar-refractivity contribution < 1.29 is 26.9 Å². The lowest BCUT2D eigenvalue weighted by Gasteiger charge is -2.19. The first-order valence-corrected chi connectivity index (χ1v) is 8.22. The number of carbonyl (C=O) groups is 1. The van der Waals surface area contributed by atoms with Gasteiger partial charge in [-0.15, -0.1) is 0 Å². The molecule has 140 valence electrons. The third-order valence-electron chi connectivity index (χ3n) is 4.44. The molecule has 0 aliphatic carbocycles. The topological polar surface area (TPSA) is 72.4 Å². The van der Waals surface area contributed by atoms with E-state index in [9.17, 15) is 18.0 Å². The van der Waals surface area contributed by atoms with E-state index in [2.05, 4.69) is 10.1 Å². The first-order valence-electron chi connectivity index (χ1n) is 8.22. The Morgan fingerprint density at radius 2 is 2.00 bits per heavy atom. The quantitative estimate of drug-likeness (QED) is 0.690. The molecular formula is C18H14F3N3O3. The van der Waals surface area contributed by atoms with Crippen LogP contribution < -0.4 is 0 Å². The van der Waals surface area contributed by atoms with Crippen LogP contribution in [0.5, 0.6) is 0 Å². The fourth-order valence-corrected chi connectivity index (χ4v) is 3.14. The molecule has 1 amide bonds. The number of nitrogens with zero attached hydrogens (tertiary/aromatic N) is 3.